The minimum Gasteiger partial charge on any atom is -0.354 e. The lowest BCUT2D eigenvalue weighted by molar-refractivity contribution is -0.119. The fourth-order valence-corrected chi connectivity index (χ4v) is 2.82. The van der Waals surface area contributed by atoms with Gasteiger partial charge in [0.1, 0.15) is 5.82 Å². The Morgan fingerprint density at radius 2 is 2.33 bits per heavy atom. The fraction of sp³-hybridized carbons (Fsp3) is 0.625. The topological polar surface area (TPSA) is 57.3 Å². The maximum Gasteiger partial charge on any atom is 0.217 e. The van der Waals surface area contributed by atoms with E-state index in [0.717, 1.165) is 44.8 Å². The molecule has 1 atom stereocenters. The highest BCUT2D eigenvalue weighted by Gasteiger charge is 2.24. The van der Waals surface area contributed by atoms with Gasteiger partial charge in [-0.15, -0.1) is 0 Å². The van der Waals surface area contributed by atoms with Crippen LogP contribution in [-0.4, -0.2) is 36.6 Å². The summed E-state index contributed by atoms with van der Waals surface area (Å²) in [6, 6.07) is 2.45. The summed E-state index contributed by atoms with van der Waals surface area (Å²) in [6.07, 6.45) is 4.08. The molecule has 1 saturated heterocycles. The molecule has 0 spiro atoms. The number of pyridine rings is 1. The Bertz CT molecular complexity index is 489. The van der Waals surface area contributed by atoms with Crippen molar-refractivity contribution in [2.24, 2.45) is 0 Å². The van der Waals surface area contributed by atoms with Crippen molar-refractivity contribution in [3.63, 3.8) is 0 Å². The largest absolute Gasteiger partial charge is 0.354 e. The molecule has 2 rings (SSSR count). The predicted octanol–water partition coefficient (Wildman–Crippen LogP) is 1.60. The number of carbonyl (C=O) groups excluding carboxylic acids is 1. The second-order valence-electron chi connectivity index (χ2n) is 5.79. The summed E-state index contributed by atoms with van der Waals surface area (Å²) >= 11 is 0. The van der Waals surface area contributed by atoms with E-state index in [4.69, 9.17) is 0 Å². The Hall–Kier alpha value is -1.62. The van der Waals surface area contributed by atoms with Crippen LogP contribution in [0.1, 0.15) is 37.8 Å². The lowest BCUT2D eigenvalue weighted by Gasteiger charge is -2.20. The van der Waals surface area contributed by atoms with Gasteiger partial charge in [0.25, 0.3) is 0 Å². The van der Waals surface area contributed by atoms with Crippen molar-refractivity contribution in [3.05, 3.63) is 23.4 Å². The zero-order valence-electron chi connectivity index (χ0n) is 13.3. The van der Waals surface area contributed by atoms with Gasteiger partial charge >= 0.3 is 0 Å². The van der Waals surface area contributed by atoms with Gasteiger partial charge in [0.05, 0.1) is 0 Å². The molecule has 1 aliphatic rings. The van der Waals surface area contributed by atoms with E-state index in [0.29, 0.717) is 0 Å². The second kappa shape index (κ2) is 7.41. The standard InChI is InChI=1S/C16H26N4O/c1-4-6-17-9-14-8-12(2)16(18-10-14)20-7-5-15(11-20)19-13(3)21/h8,10,15,17H,4-7,9,11H2,1-3H3,(H,19,21). The van der Waals surface area contributed by atoms with Gasteiger partial charge in [-0.2, -0.15) is 0 Å². The molecular formula is C16H26N4O. The molecule has 1 amide bonds. The SMILES string of the molecule is CCCNCc1cnc(N2CCC(NC(C)=O)C2)c(C)c1. The van der Waals surface area contributed by atoms with Crippen molar-refractivity contribution in [1.82, 2.24) is 15.6 Å². The first-order valence-corrected chi connectivity index (χ1v) is 7.78. The molecule has 5 heteroatoms. The Labute approximate surface area is 127 Å². The molecule has 116 valence electrons. The number of carbonyl (C=O) groups is 1. The van der Waals surface area contributed by atoms with Crippen LogP contribution >= 0.6 is 0 Å². The molecule has 2 heterocycles. The minimum atomic E-state index is 0.0453. The third-order valence-electron chi connectivity index (χ3n) is 3.76. The number of rotatable bonds is 6. The highest BCUT2D eigenvalue weighted by molar-refractivity contribution is 5.73. The monoisotopic (exact) mass is 290 g/mol. The normalized spacial score (nSPS) is 18.0. The number of nitrogens with one attached hydrogen (secondary N) is 2. The third-order valence-corrected chi connectivity index (χ3v) is 3.76. The molecule has 0 saturated carbocycles. The summed E-state index contributed by atoms with van der Waals surface area (Å²) < 4.78 is 0. The van der Waals surface area contributed by atoms with Gasteiger partial charge in [-0.1, -0.05) is 6.92 Å². The van der Waals surface area contributed by atoms with Gasteiger partial charge in [-0.25, -0.2) is 4.98 Å². The highest BCUT2D eigenvalue weighted by Crippen LogP contribution is 2.22. The van der Waals surface area contributed by atoms with Crippen LogP contribution < -0.4 is 15.5 Å². The van der Waals surface area contributed by atoms with Crippen LogP contribution in [0, 0.1) is 6.92 Å². The summed E-state index contributed by atoms with van der Waals surface area (Å²) in [4.78, 5) is 18.0. The van der Waals surface area contributed by atoms with Crippen molar-refractivity contribution in [2.75, 3.05) is 24.5 Å². The van der Waals surface area contributed by atoms with Crippen molar-refractivity contribution in [1.29, 1.82) is 0 Å². The lowest BCUT2D eigenvalue weighted by Crippen LogP contribution is -2.35. The molecule has 21 heavy (non-hydrogen) atoms. The van der Waals surface area contributed by atoms with E-state index in [9.17, 15) is 4.79 Å². The van der Waals surface area contributed by atoms with Crippen LogP contribution in [0.5, 0.6) is 0 Å². The summed E-state index contributed by atoms with van der Waals surface area (Å²) in [6.45, 7) is 9.55. The maximum atomic E-state index is 11.1. The van der Waals surface area contributed by atoms with Gasteiger partial charge in [0.15, 0.2) is 0 Å². The smallest absolute Gasteiger partial charge is 0.217 e. The number of aryl methyl sites for hydroxylation is 1. The second-order valence-corrected chi connectivity index (χ2v) is 5.79. The van der Waals surface area contributed by atoms with Crippen molar-refractivity contribution in [2.45, 2.75) is 46.2 Å². The number of aromatic nitrogens is 1. The van der Waals surface area contributed by atoms with Gasteiger partial charge in [-0.3, -0.25) is 4.79 Å². The summed E-state index contributed by atoms with van der Waals surface area (Å²) in [5.74, 6) is 1.09. The summed E-state index contributed by atoms with van der Waals surface area (Å²) in [7, 11) is 0. The fourth-order valence-electron chi connectivity index (χ4n) is 2.82. The number of hydrogen-bond donors (Lipinski definition) is 2. The van der Waals surface area contributed by atoms with E-state index < -0.39 is 0 Å². The predicted molar refractivity (Wildman–Crippen MR) is 85.4 cm³/mol. The van der Waals surface area contributed by atoms with Gasteiger partial charge < -0.3 is 15.5 Å². The number of nitrogens with zero attached hydrogens (tertiary/aromatic N) is 2. The number of anilines is 1. The van der Waals surface area contributed by atoms with Crippen LogP contribution in [0.15, 0.2) is 12.3 Å². The number of amides is 1. The average Bonchev–Trinajstić information content (AvgIpc) is 2.86. The lowest BCUT2D eigenvalue weighted by atomic mass is 10.2. The molecule has 0 aromatic carbocycles. The van der Waals surface area contributed by atoms with E-state index in [-0.39, 0.29) is 11.9 Å². The molecule has 1 unspecified atom stereocenters. The van der Waals surface area contributed by atoms with E-state index in [1.807, 2.05) is 6.20 Å². The van der Waals surface area contributed by atoms with Crippen LogP contribution in [0.2, 0.25) is 0 Å². The summed E-state index contributed by atoms with van der Waals surface area (Å²) in [5.41, 5.74) is 2.43. The molecule has 0 radical (unpaired) electrons. The molecule has 5 nitrogen and oxygen atoms in total. The van der Waals surface area contributed by atoms with Crippen molar-refractivity contribution < 1.29 is 4.79 Å². The summed E-state index contributed by atoms with van der Waals surface area (Å²) in [5, 5.41) is 6.38. The Morgan fingerprint density at radius 1 is 1.52 bits per heavy atom. The van der Waals surface area contributed by atoms with Gasteiger partial charge in [0.2, 0.25) is 5.91 Å². The molecule has 1 aliphatic heterocycles. The van der Waals surface area contributed by atoms with Crippen LogP contribution in [0.25, 0.3) is 0 Å². The first-order chi connectivity index (χ1) is 10.1. The third kappa shape index (κ3) is 4.43. The molecular weight excluding hydrogens is 264 g/mol. The van der Waals surface area contributed by atoms with E-state index in [2.05, 4.69) is 40.4 Å². The maximum absolute atomic E-state index is 11.1. The van der Waals surface area contributed by atoms with Crippen LogP contribution in [-0.2, 0) is 11.3 Å². The van der Waals surface area contributed by atoms with Crippen LogP contribution in [0.3, 0.4) is 0 Å². The molecule has 0 aliphatic carbocycles. The van der Waals surface area contributed by atoms with Crippen molar-refractivity contribution >= 4 is 11.7 Å². The van der Waals surface area contributed by atoms with E-state index in [1.165, 1.54) is 11.1 Å². The van der Waals surface area contributed by atoms with E-state index >= 15 is 0 Å². The minimum absolute atomic E-state index is 0.0453. The highest BCUT2D eigenvalue weighted by atomic mass is 16.1. The van der Waals surface area contributed by atoms with Gasteiger partial charge in [-0.05, 0) is 43.5 Å². The Morgan fingerprint density at radius 3 is 3.00 bits per heavy atom. The first kappa shape index (κ1) is 15.8. The average molecular weight is 290 g/mol. The molecule has 1 aromatic heterocycles. The van der Waals surface area contributed by atoms with Gasteiger partial charge in [0, 0.05) is 38.8 Å². The molecule has 1 aromatic rings. The molecule has 0 bridgehead atoms. The zero-order chi connectivity index (χ0) is 15.2. The molecule has 1 fully saturated rings. The zero-order valence-corrected chi connectivity index (χ0v) is 13.3. The van der Waals surface area contributed by atoms with Crippen LogP contribution in [0.4, 0.5) is 5.82 Å². The van der Waals surface area contributed by atoms with Crippen molar-refractivity contribution in [3.8, 4) is 0 Å². The number of hydrogen-bond acceptors (Lipinski definition) is 4. The Kier molecular flexibility index (Phi) is 5.56. The first-order valence-electron chi connectivity index (χ1n) is 7.78. The quantitative estimate of drug-likeness (QED) is 0.782. The molecule has 2 N–H and O–H groups in total. The Balaban J connectivity index is 1.96. The van der Waals surface area contributed by atoms with E-state index in [1.54, 1.807) is 6.92 Å².